The molecule has 4 unspecified atom stereocenters. The van der Waals surface area contributed by atoms with E-state index in [1.807, 2.05) is 0 Å². The molecule has 0 bridgehead atoms. The van der Waals surface area contributed by atoms with Crippen LogP contribution in [0.15, 0.2) is 0 Å². The highest BCUT2D eigenvalue weighted by Crippen LogP contribution is 2.12. The predicted molar refractivity (Wildman–Crippen MR) is 119 cm³/mol. The number of carbonyl (C=O) groups is 4. The highest BCUT2D eigenvalue weighted by atomic mass is 16.4. The minimum atomic E-state index is -2.46. The summed E-state index contributed by atoms with van der Waals surface area (Å²) in [6, 6.07) is 0. The minimum absolute atomic E-state index is 0.622. The van der Waals surface area contributed by atoms with Crippen LogP contribution >= 0.6 is 0 Å². The largest absolute Gasteiger partial charge is 0.479 e. The Balaban J connectivity index is -0.000000624. The van der Waals surface area contributed by atoms with Crippen molar-refractivity contribution in [3.63, 3.8) is 0 Å². The number of aliphatic hydroxyl groups is 13. The number of carbonyl (C=O) groups excluding carboxylic acids is 2. The topological polar surface area (TPSA) is 410 Å². The number of carboxylic acid groups (broad SMARTS) is 2. The van der Waals surface area contributed by atoms with Crippen molar-refractivity contribution in [3.05, 3.63) is 0 Å². The van der Waals surface area contributed by atoms with Gasteiger partial charge < -0.3 is 81.9 Å². The fourth-order valence-electron chi connectivity index (χ4n) is 1.66. The maximum atomic E-state index is 11.6. The molecule has 232 valence electrons. The lowest BCUT2D eigenvalue weighted by Crippen LogP contribution is -2.59. The Labute approximate surface area is 218 Å². The van der Waals surface area contributed by atoms with E-state index in [0.29, 0.717) is 0 Å². The zero-order valence-electron chi connectivity index (χ0n) is 20.2. The summed E-state index contributed by atoms with van der Waals surface area (Å²) in [5, 5.41) is 132. The predicted octanol–water partition coefficient (Wildman–Crippen LogP) is -10.3. The van der Waals surface area contributed by atoms with Gasteiger partial charge in [-0.15, -0.1) is 0 Å². The second-order valence-electron chi connectivity index (χ2n) is 7.90. The molecule has 4 atom stereocenters. The lowest BCUT2D eigenvalue weighted by molar-refractivity contribution is -0.165. The standard InChI is InChI=1S/C11H21NO10.C4H6O6.C3H9NO3/c13-2-10(21,3-14)1-6(17)7(18)8(19)9(20)12-11(22,4-15)5-16;5-1(3(7)8)2(6)4(9)10;4-3(7,1-5)2-6/h7-8,13-16,18-19,21-22H,1-5H2,(H,12,20);1-2,5-6H,(H,7,8)(H,9,10);5-7H,1-2,4H2. The molecule has 0 spiro atoms. The number of nitrogens with two attached hydrogens (primary N) is 1. The molecule has 0 aliphatic rings. The van der Waals surface area contributed by atoms with Crippen LogP contribution in [0.25, 0.3) is 0 Å². The van der Waals surface area contributed by atoms with E-state index in [2.05, 4.69) is 0 Å². The average molecular weight is 584 g/mol. The van der Waals surface area contributed by atoms with Gasteiger partial charge in [-0.1, -0.05) is 0 Å². The van der Waals surface area contributed by atoms with Crippen LogP contribution in [0, 0.1) is 0 Å². The molecule has 0 aromatic heterocycles. The van der Waals surface area contributed by atoms with E-state index in [9.17, 15) is 39.6 Å². The summed E-state index contributed by atoms with van der Waals surface area (Å²) in [5.74, 6) is -6.27. The summed E-state index contributed by atoms with van der Waals surface area (Å²) in [4.78, 5) is 42.6. The van der Waals surface area contributed by atoms with Gasteiger partial charge in [-0.3, -0.25) is 15.3 Å². The molecular formula is C18H36N2O19. The summed E-state index contributed by atoms with van der Waals surface area (Å²) in [5.41, 5.74) is -1.73. The first-order chi connectivity index (χ1) is 17.7. The first-order valence-corrected chi connectivity index (χ1v) is 10.3. The van der Waals surface area contributed by atoms with Crippen LogP contribution in [-0.4, -0.2) is 181 Å². The van der Waals surface area contributed by atoms with E-state index in [-0.39, 0.29) is 0 Å². The smallest absolute Gasteiger partial charge is 0.335 e. The molecule has 18 N–H and O–H groups in total. The Morgan fingerprint density at radius 2 is 0.974 bits per heavy atom. The Morgan fingerprint density at radius 1 is 0.615 bits per heavy atom. The van der Waals surface area contributed by atoms with E-state index in [1.165, 1.54) is 0 Å². The van der Waals surface area contributed by atoms with Crippen molar-refractivity contribution in [1.82, 2.24) is 5.32 Å². The third-order valence-corrected chi connectivity index (χ3v) is 4.22. The Kier molecular flexibility index (Phi) is 19.7. The Hall–Kier alpha value is -2.48. The Morgan fingerprint density at radius 3 is 1.21 bits per heavy atom. The summed E-state index contributed by atoms with van der Waals surface area (Å²) in [7, 11) is 0. The minimum Gasteiger partial charge on any atom is -0.479 e. The molecule has 21 nitrogen and oxygen atoms in total. The van der Waals surface area contributed by atoms with Gasteiger partial charge in [-0.25, -0.2) is 9.59 Å². The molecule has 21 heteroatoms. The van der Waals surface area contributed by atoms with Gasteiger partial charge in [0.1, 0.15) is 11.7 Å². The number of ketones is 1. The highest BCUT2D eigenvalue weighted by molar-refractivity contribution is 5.92. The summed E-state index contributed by atoms with van der Waals surface area (Å²) in [6.07, 6.45) is -10.2. The van der Waals surface area contributed by atoms with E-state index in [4.69, 9.17) is 61.9 Å². The molecular weight excluding hydrogens is 548 g/mol. The molecule has 0 saturated carbocycles. The first-order valence-electron chi connectivity index (χ1n) is 10.3. The fourth-order valence-corrected chi connectivity index (χ4v) is 1.66. The highest BCUT2D eigenvalue weighted by Gasteiger charge is 2.38. The molecule has 0 rings (SSSR count). The van der Waals surface area contributed by atoms with Gasteiger partial charge >= 0.3 is 11.9 Å². The lowest BCUT2D eigenvalue weighted by Gasteiger charge is -2.28. The zero-order valence-corrected chi connectivity index (χ0v) is 20.2. The van der Waals surface area contributed by atoms with Crippen molar-refractivity contribution >= 4 is 23.6 Å². The zero-order chi connectivity index (χ0) is 31.8. The van der Waals surface area contributed by atoms with Gasteiger partial charge in [-0.05, 0) is 0 Å². The molecule has 0 aromatic rings. The second-order valence-corrected chi connectivity index (χ2v) is 7.90. The van der Waals surface area contributed by atoms with Crippen molar-refractivity contribution < 1.29 is 95.8 Å². The number of Topliss-reactive ketones (excluding diaryl/α,β-unsaturated/α-hetero) is 1. The SMILES string of the molecule is NC(O)(CO)CO.O=C(CC(O)(CO)CO)C(O)C(O)C(=O)NC(O)(CO)CO.O=C(O)C(O)C(O)C(=O)O. The number of hydrogen-bond acceptors (Lipinski definition) is 18. The van der Waals surface area contributed by atoms with Crippen molar-refractivity contribution in [2.24, 2.45) is 5.73 Å². The molecule has 0 fully saturated rings. The molecule has 0 aliphatic carbocycles. The van der Waals surface area contributed by atoms with Crippen LogP contribution in [0.5, 0.6) is 0 Å². The third kappa shape index (κ3) is 16.3. The lowest BCUT2D eigenvalue weighted by atomic mass is 9.94. The third-order valence-electron chi connectivity index (χ3n) is 4.22. The van der Waals surface area contributed by atoms with E-state index in [0.717, 1.165) is 0 Å². The van der Waals surface area contributed by atoms with Crippen LogP contribution in [0.4, 0.5) is 0 Å². The van der Waals surface area contributed by atoms with Crippen molar-refractivity contribution in [2.45, 2.75) is 47.9 Å². The summed E-state index contributed by atoms with van der Waals surface area (Å²) in [6.45, 7) is -5.44. The van der Waals surface area contributed by atoms with Crippen LogP contribution in [-0.2, 0) is 19.2 Å². The molecule has 1 amide bonds. The molecule has 0 heterocycles. The Bertz CT molecular complexity index is 695. The van der Waals surface area contributed by atoms with E-state index in [1.54, 1.807) is 5.32 Å². The maximum Gasteiger partial charge on any atom is 0.335 e. The second kappa shape index (κ2) is 18.7. The van der Waals surface area contributed by atoms with Crippen molar-refractivity contribution in [1.29, 1.82) is 0 Å². The molecule has 0 aromatic carbocycles. The van der Waals surface area contributed by atoms with E-state index < -0.39 is 111 Å². The summed E-state index contributed by atoms with van der Waals surface area (Å²) < 4.78 is 0. The molecule has 0 saturated heterocycles. The maximum absolute atomic E-state index is 11.6. The molecule has 0 aliphatic heterocycles. The number of aliphatic carboxylic acids is 2. The van der Waals surface area contributed by atoms with Gasteiger partial charge in [0.15, 0.2) is 35.5 Å². The van der Waals surface area contributed by atoms with Crippen LogP contribution in [0.1, 0.15) is 6.42 Å². The van der Waals surface area contributed by atoms with E-state index >= 15 is 0 Å². The number of amides is 1. The van der Waals surface area contributed by atoms with Crippen molar-refractivity contribution in [2.75, 3.05) is 39.6 Å². The number of rotatable bonds is 15. The van der Waals surface area contributed by atoms with Crippen LogP contribution in [0.2, 0.25) is 0 Å². The van der Waals surface area contributed by atoms with Gasteiger partial charge in [0, 0.05) is 6.42 Å². The van der Waals surface area contributed by atoms with Gasteiger partial charge in [0.25, 0.3) is 5.91 Å². The van der Waals surface area contributed by atoms with Crippen molar-refractivity contribution in [3.8, 4) is 0 Å². The van der Waals surface area contributed by atoms with Crippen LogP contribution in [0.3, 0.4) is 0 Å². The van der Waals surface area contributed by atoms with Gasteiger partial charge in [-0.2, -0.15) is 0 Å². The number of nitrogens with one attached hydrogen (secondary N) is 1. The number of aliphatic hydroxyl groups excluding tert-OH is 10. The quantitative estimate of drug-likeness (QED) is 0.0794. The van der Waals surface area contributed by atoms with Crippen LogP contribution < -0.4 is 11.1 Å². The number of carboxylic acids is 2. The average Bonchev–Trinajstić information content (AvgIpc) is 2.91. The fraction of sp³-hybridized carbons (Fsp3) is 0.778. The normalized spacial score (nSPS) is 14.8. The molecule has 0 radical (unpaired) electrons. The monoisotopic (exact) mass is 584 g/mol. The molecule has 39 heavy (non-hydrogen) atoms. The van der Waals surface area contributed by atoms with Gasteiger partial charge in [0.2, 0.25) is 0 Å². The number of hydrogen-bond donors (Lipinski definition) is 17. The van der Waals surface area contributed by atoms with Gasteiger partial charge in [0.05, 0.1) is 39.6 Å². The summed E-state index contributed by atoms with van der Waals surface area (Å²) >= 11 is 0. The first kappa shape index (κ1) is 41.0.